The fourth-order valence-corrected chi connectivity index (χ4v) is 20.2. The van der Waals surface area contributed by atoms with Gasteiger partial charge in [0.15, 0.2) is 11.4 Å². The Kier molecular flexibility index (Phi) is 9.37. The van der Waals surface area contributed by atoms with Crippen molar-refractivity contribution in [2.24, 2.45) is 63.9 Å². The third-order valence-corrected chi connectivity index (χ3v) is 22.4. The number of aliphatic hydroxyl groups excluding tert-OH is 1. The Morgan fingerprint density at radius 1 is 0.884 bits per heavy atom. The van der Waals surface area contributed by atoms with Crippen molar-refractivity contribution in [1.82, 2.24) is 9.80 Å². The number of benzene rings is 2. The maximum atomic E-state index is 16.4. The van der Waals surface area contributed by atoms with Crippen molar-refractivity contribution in [3.05, 3.63) is 116 Å². The van der Waals surface area contributed by atoms with Crippen LogP contribution in [0.25, 0.3) is 0 Å². The first-order valence-electron chi connectivity index (χ1n) is 28.2. The molecule has 13 atom stereocenters. The smallest absolute Gasteiger partial charge is 0.339 e. The molecule has 13 aliphatic rings. The molecule has 2 saturated carbocycles. The van der Waals surface area contributed by atoms with Crippen molar-refractivity contribution in [2.45, 2.75) is 165 Å². The van der Waals surface area contributed by atoms with Crippen LogP contribution in [0.3, 0.4) is 0 Å². The number of carbonyl (C=O) groups excluding carboxylic acids is 2. The largest absolute Gasteiger partial charge is 0.508 e. The molecule has 3 spiro atoms. The van der Waals surface area contributed by atoms with Crippen LogP contribution >= 0.6 is 0 Å². The van der Waals surface area contributed by atoms with Crippen molar-refractivity contribution in [1.29, 1.82) is 0 Å². The Labute approximate surface area is 409 Å². The van der Waals surface area contributed by atoms with Gasteiger partial charge in [0.2, 0.25) is 0 Å². The van der Waals surface area contributed by atoms with E-state index in [1.807, 2.05) is 0 Å². The Morgan fingerprint density at radius 3 is 2.61 bits per heavy atom. The van der Waals surface area contributed by atoms with Gasteiger partial charge in [0.1, 0.15) is 11.2 Å². The second kappa shape index (κ2) is 15.2. The zero-order chi connectivity index (χ0) is 46.1. The number of esters is 2. The van der Waals surface area contributed by atoms with E-state index in [1.165, 1.54) is 79.2 Å². The van der Waals surface area contributed by atoms with Crippen molar-refractivity contribution in [3.63, 3.8) is 0 Å². The summed E-state index contributed by atoms with van der Waals surface area (Å²) in [5.74, 6) is 2.65. The molecule has 3 N–H and O–H groups in total. The molecule has 8 nitrogen and oxygen atoms in total. The van der Waals surface area contributed by atoms with E-state index in [-0.39, 0.29) is 35.7 Å². The lowest BCUT2D eigenvalue weighted by Crippen LogP contribution is -2.77. The normalized spacial score (nSPS) is 42.5. The molecule has 6 fully saturated rings. The predicted molar refractivity (Wildman–Crippen MR) is 264 cm³/mol. The maximum absolute atomic E-state index is 16.4. The predicted octanol–water partition coefficient (Wildman–Crippen LogP) is 10.9. The van der Waals surface area contributed by atoms with E-state index in [9.17, 15) is 5.11 Å². The number of nitrogens with zero attached hydrogens (tertiary/aromatic N) is 2. The number of fused-ring (bicyclic) bond motifs is 11. The van der Waals surface area contributed by atoms with Crippen LogP contribution in [0.2, 0.25) is 0 Å². The minimum absolute atomic E-state index is 0.151. The minimum atomic E-state index is -1.17. The van der Waals surface area contributed by atoms with Crippen LogP contribution in [-0.4, -0.2) is 64.6 Å². The molecule has 6 aliphatic carbocycles. The lowest BCUT2D eigenvalue weighted by atomic mass is 9.28. The molecule has 7 aliphatic heterocycles. The molecule has 0 radical (unpaired) electrons. The highest BCUT2D eigenvalue weighted by molar-refractivity contribution is 6.00. The zero-order valence-electron chi connectivity index (χ0n) is 41.0. The Hall–Kier alpha value is -4.14. The highest BCUT2D eigenvalue weighted by Gasteiger charge is 2.93. The van der Waals surface area contributed by atoms with E-state index in [4.69, 9.17) is 15.2 Å². The van der Waals surface area contributed by atoms with Crippen LogP contribution in [0.4, 0.5) is 0 Å². The molecular formula is C61H73N3O5. The van der Waals surface area contributed by atoms with Gasteiger partial charge in [-0.3, -0.25) is 9.69 Å². The van der Waals surface area contributed by atoms with E-state index in [0.717, 1.165) is 94.8 Å². The summed E-state index contributed by atoms with van der Waals surface area (Å²) in [5, 5.41) is 13.9. The number of aryl methyl sites for hydroxylation is 2. The first-order valence-corrected chi connectivity index (χ1v) is 28.2. The molecule has 0 amide bonds. The molecule has 4 saturated heterocycles. The van der Waals surface area contributed by atoms with Crippen molar-refractivity contribution < 1.29 is 24.2 Å². The number of piperidine rings is 3. The van der Waals surface area contributed by atoms with Gasteiger partial charge < -0.3 is 25.2 Å². The molecule has 2 aromatic carbocycles. The van der Waals surface area contributed by atoms with Gasteiger partial charge in [-0.2, -0.15) is 0 Å². The SMILES string of the molecule is C[C@@H]1CC2=C3[C@@H]4C5=C6C=C(Cc7cccc(c7)CCCC[C@H]7[C@]68C(=O)O/C(=C(/O)[C@@H]6CC[C@@H]9[C@H]%10C[C@@H](CN9[C@H]6CC6CCCCC6)[C@@H](CC2)N3C%10)[C@@]8(CC5)[C@]72OC(=O)c3c(CCCN)cccc32)[C@@H]41. The molecule has 362 valence electrons. The van der Waals surface area contributed by atoms with E-state index in [1.54, 1.807) is 11.3 Å². The van der Waals surface area contributed by atoms with Gasteiger partial charge in [-0.05, 0) is 155 Å². The summed E-state index contributed by atoms with van der Waals surface area (Å²) in [5.41, 5.74) is 15.5. The molecule has 0 aromatic heterocycles. The van der Waals surface area contributed by atoms with Crippen LogP contribution < -0.4 is 5.73 Å². The maximum Gasteiger partial charge on any atom is 0.339 e. The Morgan fingerprint density at radius 2 is 1.72 bits per heavy atom. The highest BCUT2D eigenvalue weighted by Crippen LogP contribution is 2.87. The van der Waals surface area contributed by atoms with E-state index in [0.29, 0.717) is 78.1 Å². The Balaban J connectivity index is 1.04. The molecule has 69 heavy (non-hydrogen) atoms. The molecule has 2 aromatic rings. The monoisotopic (exact) mass is 928 g/mol. The van der Waals surface area contributed by atoms with Gasteiger partial charge in [-0.25, -0.2) is 4.79 Å². The highest BCUT2D eigenvalue weighted by atomic mass is 16.6. The number of rotatable bonds is 5. The van der Waals surface area contributed by atoms with Gasteiger partial charge >= 0.3 is 11.9 Å². The van der Waals surface area contributed by atoms with Crippen molar-refractivity contribution >= 4 is 11.9 Å². The van der Waals surface area contributed by atoms with E-state index < -0.39 is 16.4 Å². The number of ether oxygens (including phenoxy) is 2. The molecule has 15 rings (SSSR count). The van der Waals surface area contributed by atoms with Crippen LogP contribution in [-0.2, 0) is 39.1 Å². The second-order valence-electron chi connectivity index (χ2n) is 25.1. The number of aliphatic hydroxyl groups is 1. The summed E-state index contributed by atoms with van der Waals surface area (Å²) in [7, 11) is 0. The molecule has 8 heteroatoms. The minimum Gasteiger partial charge on any atom is -0.508 e. The summed E-state index contributed by atoms with van der Waals surface area (Å²) in [6.07, 6.45) is 24.2. The molecule has 11 bridgehead atoms. The van der Waals surface area contributed by atoms with Gasteiger partial charge in [-0.15, -0.1) is 0 Å². The summed E-state index contributed by atoms with van der Waals surface area (Å²) < 4.78 is 14.6. The number of carbonyl (C=O) groups is 2. The number of nitrogens with two attached hydrogens (primary N) is 1. The topological polar surface area (TPSA) is 105 Å². The van der Waals surface area contributed by atoms with Crippen molar-refractivity contribution in [2.75, 3.05) is 19.6 Å². The fraction of sp³-hybridized carbons (Fsp3) is 0.639. The van der Waals surface area contributed by atoms with Gasteiger partial charge in [-0.1, -0.05) is 111 Å². The molecule has 0 unspecified atom stereocenters. The summed E-state index contributed by atoms with van der Waals surface area (Å²) in [6.45, 7) is 5.31. The molecule has 7 heterocycles. The molecular weight excluding hydrogens is 855 g/mol. The van der Waals surface area contributed by atoms with Crippen molar-refractivity contribution in [3.8, 4) is 0 Å². The zero-order valence-corrected chi connectivity index (χ0v) is 41.0. The number of hydrogen-bond donors (Lipinski definition) is 2. The third-order valence-electron chi connectivity index (χ3n) is 22.4. The van der Waals surface area contributed by atoms with E-state index in [2.05, 4.69) is 65.3 Å². The quantitative estimate of drug-likeness (QED) is 0.286. The van der Waals surface area contributed by atoms with Gasteiger partial charge in [0, 0.05) is 60.2 Å². The fourth-order valence-electron chi connectivity index (χ4n) is 20.2. The van der Waals surface area contributed by atoms with Crippen LogP contribution in [0, 0.1) is 58.2 Å². The van der Waals surface area contributed by atoms with Crippen LogP contribution in [0.5, 0.6) is 0 Å². The lowest BCUT2D eigenvalue weighted by molar-refractivity contribution is -0.276. The van der Waals surface area contributed by atoms with Gasteiger partial charge in [0.05, 0.1) is 11.0 Å². The van der Waals surface area contributed by atoms with Crippen LogP contribution in [0.15, 0.2) is 88.0 Å². The Bertz CT molecular complexity index is 2710. The number of allylic oxidation sites excluding steroid dienone is 4. The number of hydrogen-bond acceptors (Lipinski definition) is 8. The second-order valence-corrected chi connectivity index (χ2v) is 25.1. The summed E-state index contributed by atoms with van der Waals surface area (Å²) >= 11 is 0. The van der Waals surface area contributed by atoms with E-state index >= 15 is 9.59 Å². The first-order chi connectivity index (χ1) is 33.8. The standard InChI is InChI=1S/C61H73N3O5/c1-34-26-39-19-21-48-41-30-42-33-64(48)54(39)53-43-23-24-59-56(55(65)44-20-22-47(42)63(32-41)49(44)29-36-10-3-2-4-11-36)68-58(67)60(59)46(43)31-40(51(34)53)28-37-14-7-13-35(27-37)12-5-6-18-50(60)61(59)45-17-8-15-38(16-9-25-62)52(45)57(66)69-61/h7-8,13-15,17,27,31,34,36,41-42,44,47-51,53,65H,2-6,9-12,16,18-26,28-30,32-33,62H2,1H3/b56-55+/t34-,41+,42+,44-,47-,48-,49+,50+,51+,53-,59-,60+,61-/m1/s1. The summed E-state index contributed by atoms with van der Waals surface area (Å²) in [6, 6.07) is 17.0. The average Bonchev–Trinajstić information content (AvgIpc) is 3.81. The third kappa shape index (κ3) is 5.34. The lowest BCUT2D eigenvalue weighted by Gasteiger charge is -2.71. The first kappa shape index (κ1) is 42.5. The summed E-state index contributed by atoms with van der Waals surface area (Å²) in [4.78, 5) is 37.6. The average molecular weight is 928 g/mol. The van der Waals surface area contributed by atoms with Gasteiger partial charge in [0.25, 0.3) is 0 Å². The van der Waals surface area contributed by atoms with Crippen LogP contribution in [0.1, 0.15) is 155 Å².